The fourth-order valence-corrected chi connectivity index (χ4v) is 2.06. The summed E-state index contributed by atoms with van der Waals surface area (Å²) in [6, 6.07) is 7.03. The van der Waals surface area contributed by atoms with Crippen LogP contribution in [0, 0.1) is 0 Å². The Hall–Kier alpha value is -1.68. The van der Waals surface area contributed by atoms with Crippen molar-refractivity contribution in [1.82, 2.24) is 0 Å². The number of ether oxygens (including phenoxy) is 1. The molecule has 1 aromatic carbocycles. The van der Waals surface area contributed by atoms with E-state index in [1.165, 1.54) is 4.90 Å². The second-order valence-corrected chi connectivity index (χ2v) is 4.48. The molecule has 4 nitrogen and oxygen atoms in total. The molecule has 1 atom stereocenters. The molecule has 1 saturated heterocycles. The lowest BCUT2D eigenvalue weighted by molar-refractivity contribution is -0.107. The first kappa shape index (κ1) is 12.8. The van der Waals surface area contributed by atoms with Gasteiger partial charge >= 0.3 is 0 Å². The first-order chi connectivity index (χ1) is 8.72. The Morgan fingerprint density at radius 2 is 2.06 bits per heavy atom. The average Bonchev–Trinajstić information content (AvgIpc) is 2.47. The summed E-state index contributed by atoms with van der Waals surface area (Å²) in [5, 5.41) is 0. The number of anilines is 1. The van der Waals surface area contributed by atoms with Crippen LogP contribution in [0.3, 0.4) is 0 Å². The van der Waals surface area contributed by atoms with Gasteiger partial charge in [0.2, 0.25) is 6.41 Å². The molecule has 0 N–H and O–H groups in total. The zero-order valence-corrected chi connectivity index (χ0v) is 10.5. The van der Waals surface area contributed by atoms with Gasteiger partial charge in [-0.25, -0.2) is 0 Å². The summed E-state index contributed by atoms with van der Waals surface area (Å²) >= 11 is 0. The number of ketones is 1. The molecule has 1 amide bonds. The van der Waals surface area contributed by atoms with Crippen LogP contribution in [0.1, 0.15) is 29.6 Å². The summed E-state index contributed by atoms with van der Waals surface area (Å²) in [5.74, 6) is 0.0370. The van der Waals surface area contributed by atoms with E-state index in [1.54, 1.807) is 31.3 Å². The van der Waals surface area contributed by atoms with E-state index in [0.29, 0.717) is 12.2 Å². The molecule has 1 heterocycles. The lowest BCUT2D eigenvalue weighted by Gasteiger charge is -2.21. The third-order valence-electron chi connectivity index (χ3n) is 3.19. The monoisotopic (exact) mass is 247 g/mol. The molecule has 18 heavy (non-hydrogen) atoms. The largest absolute Gasteiger partial charge is 0.370 e. The molecule has 1 aliphatic heterocycles. The molecule has 1 unspecified atom stereocenters. The van der Waals surface area contributed by atoms with Crippen LogP contribution in [0.5, 0.6) is 0 Å². The SMILES string of the molecule is CN(C=O)c1ccc(C(=O)C2CCCCO2)cc1. The summed E-state index contributed by atoms with van der Waals surface area (Å²) in [5.41, 5.74) is 1.41. The minimum absolute atomic E-state index is 0.0370. The highest BCUT2D eigenvalue weighted by atomic mass is 16.5. The third-order valence-corrected chi connectivity index (χ3v) is 3.19. The van der Waals surface area contributed by atoms with E-state index in [-0.39, 0.29) is 11.9 Å². The van der Waals surface area contributed by atoms with Gasteiger partial charge in [0.1, 0.15) is 6.10 Å². The minimum atomic E-state index is -0.298. The first-order valence-electron chi connectivity index (χ1n) is 6.16. The highest BCUT2D eigenvalue weighted by molar-refractivity contribution is 5.99. The maximum Gasteiger partial charge on any atom is 0.213 e. The van der Waals surface area contributed by atoms with Crippen molar-refractivity contribution in [3.63, 3.8) is 0 Å². The van der Waals surface area contributed by atoms with Gasteiger partial charge in [0, 0.05) is 24.9 Å². The Morgan fingerprint density at radius 3 is 2.61 bits per heavy atom. The molecule has 1 aromatic rings. The number of Topliss-reactive ketones (excluding diaryl/α,β-unsaturated/α-hetero) is 1. The molecule has 1 aliphatic rings. The number of carbonyl (C=O) groups is 2. The van der Waals surface area contributed by atoms with Gasteiger partial charge in [0.25, 0.3) is 0 Å². The van der Waals surface area contributed by atoms with Crippen LogP contribution < -0.4 is 4.90 Å². The Labute approximate surface area is 107 Å². The van der Waals surface area contributed by atoms with E-state index >= 15 is 0 Å². The normalized spacial score (nSPS) is 19.3. The highest BCUT2D eigenvalue weighted by Crippen LogP contribution is 2.19. The van der Waals surface area contributed by atoms with Crippen molar-refractivity contribution < 1.29 is 14.3 Å². The molecule has 0 bridgehead atoms. The zero-order chi connectivity index (χ0) is 13.0. The van der Waals surface area contributed by atoms with Crippen LogP contribution in [0.25, 0.3) is 0 Å². The minimum Gasteiger partial charge on any atom is -0.370 e. The molecule has 0 spiro atoms. The predicted octanol–water partition coefficient (Wildman–Crippen LogP) is 2.03. The van der Waals surface area contributed by atoms with Gasteiger partial charge in [0.05, 0.1) is 0 Å². The molecule has 0 aliphatic carbocycles. The van der Waals surface area contributed by atoms with Crippen molar-refractivity contribution in [3.8, 4) is 0 Å². The number of hydrogen-bond acceptors (Lipinski definition) is 3. The molecule has 1 fully saturated rings. The second kappa shape index (κ2) is 5.78. The van der Waals surface area contributed by atoms with E-state index in [2.05, 4.69) is 0 Å². The van der Waals surface area contributed by atoms with Crippen molar-refractivity contribution in [2.45, 2.75) is 25.4 Å². The Kier molecular flexibility index (Phi) is 4.10. The molecular weight excluding hydrogens is 230 g/mol. The van der Waals surface area contributed by atoms with E-state index in [0.717, 1.165) is 31.4 Å². The lowest BCUT2D eigenvalue weighted by atomic mass is 10.00. The molecule has 4 heteroatoms. The maximum atomic E-state index is 12.1. The van der Waals surface area contributed by atoms with Crippen LogP contribution in [0.2, 0.25) is 0 Å². The number of amides is 1. The number of hydrogen-bond donors (Lipinski definition) is 0. The summed E-state index contributed by atoms with van der Waals surface area (Å²) in [6.45, 7) is 0.669. The average molecular weight is 247 g/mol. The standard InChI is InChI=1S/C14H17NO3/c1-15(10-16)12-7-5-11(6-8-12)14(17)13-4-2-3-9-18-13/h5-8,10,13H,2-4,9H2,1H3. The van der Waals surface area contributed by atoms with Crippen molar-refractivity contribution in [3.05, 3.63) is 29.8 Å². The molecule has 0 aromatic heterocycles. The number of carbonyl (C=O) groups excluding carboxylic acids is 2. The number of rotatable bonds is 4. The van der Waals surface area contributed by atoms with Gasteiger partial charge in [-0.15, -0.1) is 0 Å². The van der Waals surface area contributed by atoms with Gasteiger partial charge in [-0.3, -0.25) is 9.59 Å². The quantitative estimate of drug-likeness (QED) is 0.604. The summed E-state index contributed by atoms with van der Waals surface area (Å²) in [7, 11) is 1.67. The first-order valence-corrected chi connectivity index (χ1v) is 6.16. The molecular formula is C14H17NO3. The van der Waals surface area contributed by atoms with Crippen LogP contribution in [-0.2, 0) is 9.53 Å². The number of nitrogens with zero attached hydrogens (tertiary/aromatic N) is 1. The predicted molar refractivity (Wildman–Crippen MR) is 68.8 cm³/mol. The van der Waals surface area contributed by atoms with E-state index in [4.69, 9.17) is 4.74 Å². The smallest absolute Gasteiger partial charge is 0.213 e. The van der Waals surface area contributed by atoms with Crippen LogP contribution in [0.4, 0.5) is 5.69 Å². The van der Waals surface area contributed by atoms with Crippen molar-refractivity contribution in [1.29, 1.82) is 0 Å². The molecule has 0 saturated carbocycles. The van der Waals surface area contributed by atoms with E-state index < -0.39 is 0 Å². The van der Waals surface area contributed by atoms with Gasteiger partial charge < -0.3 is 9.64 Å². The van der Waals surface area contributed by atoms with E-state index in [9.17, 15) is 9.59 Å². The molecule has 2 rings (SSSR count). The Balaban J connectivity index is 2.08. The van der Waals surface area contributed by atoms with Gasteiger partial charge in [-0.1, -0.05) is 0 Å². The Bertz CT molecular complexity index is 421. The van der Waals surface area contributed by atoms with Crippen molar-refractivity contribution >= 4 is 17.9 Å². The van der Waals surface area contributed by atoms with Gasteiger partial charge in [0.15, 0.2) is 5.78 Å². The third kappa shape index (κ3) is 2.76. The number of benzene rings is 1. The zero-order valence-electron chi connectivity index (χ0n) is 10.5. The fourth-order valence-electron chi connectivity index (χ4n) is 2.06. The summed E-state index contributed by atoms with van der Waals surface area (Å²) in [6.07, 6.45) is 3.32. The van der Waals surface area contributed by atoms with E-state index in [1.807, 2.05) is 0 Å². The molecule has 0 radical (unpaired) electrons. The van der Waals surface area contributed by atoms with Crippen molar-refractivity contribution in [2.24, 2.45) is 0 Å². The van der Waals surface area contributed by atoms with Crippen LogP contribution in [0.15, 0.2) is 24.3 Å². The van der Waals surface area contributed by atoms with Crippen LogP contribution in [-0.4, -0.2) is 32.0 Å². The Morgan fingerprint density at radius 1 is 1.33 bits per heavy atom. The molecule has 96 valence electrons. The second-order valence-electron chi connectivity index (χ2n) is 4.48. The fraction of sp³-hybridized carbons (Fsp3) is 0.429. The van der Waals surface area contributed by atoms with Crippen molar-refractivity contribution in [2.75, 3.05) is 18.6 Å². The topological polar surface area (TPSA) is 46.6 Å². The highest BCUT2D eigenvalue weighted by Gasteiger charge is 2.23. The lowest BCUT2D eigenvalue weighted by Crippen LogP contribution is -2.28. The van der Waals surface area contributed by atoms with Gasteiger partial charge in [-0.2, -0.15) is 0 Å². The summed E-state index contributed by atoms with van der Waals surface area (Å²) in [4.78, 5) is 24.2. The van der Waals surface area contributed by atoms with Gasteiger partial charge in [-0.05, 0) is 43.5 Å². The van der Waals surface area contributed by atoms with Crippen LogP contribution >= 0.6 is 0 Å². The summed E-state index contributed by atoms with van der Waals surface area (Å²) < 4.78 is 5.48. The maximum absolute atomic E-state index is 12.1.